The maximum absolute atomic E-state index is 13.7. The topological polar surface area (TPSA) is 125 Å². The third-order valence-corrected chi connectivity index (χ3v) is 9.46. The van der Waals surface area contributed by atoms with Gasteiger partial charge in [0.25, 0.3) is 5.56 Å². The number of nitriles is 1. The van der Waals surface area contributed by atoms with Gasteiger partial charge in [-0.15, -0.1) is 0 Å². The van der Waals surface area contributed by atoms with Crippen molar-refractivity contribution >= 4 is 32.6 Å². The highest BCUT2D eigenvalue weighted by Gasteiger charge is 2.32. The first-order chi connectivity index (χ1) is 20.7. The van der Waals surface area contributed by atoms with E-state index in [1.807, 2.05) is 30.3 Å². The second-order valence-electron chi connectivity index (χ2n) is 11.1. The van der Waals surface area contributed by atoms with E-state index in [0.717, 1.165) is 12.1 Å². The van der Waals surface area contributed by atoms with Gasteiger partial charge in [-0.3, -0.25) is 4.79 Å². The number of nitrogens with zero attached hydrogens (tertiary/aromatic N) is 5. The standard InChI is InChI=1S/C33H30N6O3S/c1-22-15-23(2)20-38(19-22)43(41,42)28-12-8-9-24(17-28)31-26(21-39(37-31)27-10-4-3-5-11-27)16-25(18-34)32-35-30-14-7-6-13-29(30)33(40)36-32/h3-14,16-17,21-23H,15,19-20H2,1-2H3,(H,35,36,40)/b25-16+. The van der Waals surface area contributed by atoms with E-state index in [0.29, 0.717) is 40.8 Å². The SMILES string of the molecule is CC1CC(C)CN(S(=O)(=O)c2cccc(-c3nn(-c4ccccc4)cc3/C=C(\C#N)c3nc4ccccc4c(=O)[nH]3)c2)C1. The molecule has 0 aliphatic carbocycles. The lowest BCUT2D eigenvalue weighted by molar-refractivity contribution is 0.222. The van der Waals surface area contributed by atoms with Crippen LogP contribution in [0.3, 0.4) is 0 Å². The average molecular weight is 591 g/mol. The summed E-state index contributed by atoms with van der Waals surface area (Å²) in [5.41, 5.74) is 2.68. The molecule has 2 aromatic heterocycles. The number of aromatic nitrogens is 4. The van der Waals surface area contributed by atoms with Crippen LogP contribution in [0.5, 0.6) is 0 Å². The Bertz CT molecular complexity index is 2050. The number of rotatable bonds is 6. The van der Waals surface area contributed by atoms with Crippen molar-refractivity contribution in [2.75, 3.05) is 13.1 Å². The van der Waals surface area contributed by atoms with Crippen LogP contribution in [0.4, 0.5) is 0 Å². The van der Waals surface area contributed by atoms with Gasteiger partial charge in [-0.25, -0.2) is 18.1 Å². The van der Waals surface area contributed by atoms with Crippen LogP contribution in [0, 0.1) is 23.2 Å². The van der Waals surface area contributed by atoms with Gasteiger partial charge in [0.05, 0.1) is 27.1 Å². The van der Waals surface area contributed by atoms with Crippen molar-refractivity contribution < 1.29 is 8.42 Å². The summed E-state index contributed by atoms with van der Waals surface area (Å²) in [6, 6.07) is 25.3. The minimum Gasteiger partial charge on any atom is -0.305 e. The zero-order valence-corrected chi connectivity index (χ0v) is 24.6. The van der Waals surface area contributed by atoms with Crippen LogP contribution < -0.4 is 5.56 Å². The Balaban J connectivity index is 1.47. The first kappa shape index (κ1) is 28.3. The fourth-order valence-corrected chi connectivity index (χ4v) is 7.43. The predicted octanol–water partition coefficient (Wildman–Crippen LogP) is 5.51. The summed E-state index contributed by atoms with van der Waals surface area (Å²) in [5, 5.41) is 15.4. The number of nitrogens with one attached hydrogen (secondary N) is 1. The second-order valence-corrected chi connectivity index (χ2v) is 13.0. The van der Waals surface area contributed by atoms with Crippen LogP contribution in [0.15, 0.2) is 94.7 Å². The molecule has 6 rings (SSSR count). The van der Waals surface area contributed by atoms with Gasteiger partial charge in [0.2, 0.25) is 10.0 Å². The summed E-state index contributed by atoms with van der Waals surface area (Å²) in [7, 11) is -3.73. The minimum atomic E-state index is -3.73. The number of H-pyrrole nitrogens is 1. The lowest BCUT2D eigenvalue weighted by atomic mass is 9.94. The van der Waals surface area contributed by atoms with Crippen molar-refractivity contribution in [2.45, 2.75) is 25.2 Å². The van der Waals surface area contributed by atoms with Gasteiger partial charge in [0, 0.05) is 30.4 Å². The Morgan fingerprint density at radius 2 is 1.72 bits per heavy atom. The molecule has 216 valence electrons. The molecule has 3 aromatic carbocycles. The molecule has 0 saturated carbocycles. The summed E-state index contributed by atoms with van der Waals surface area (Å²) < 4.78 is 30.7. The molecule has 0 radical (unpaired) electrons. The third-order valence-electron chi connectivity index (χ3n) is 7.63. The number of piperidine rings is 1. The Morgan fingerprint density at radius 1 is 1.00 bits per heavy atom. The molecule has 1 saturated heterocycles. The molecule has 1 N–H and O–H groups in total. The van der Waals surface area contributed by atoms with Gasteiger partial charge in [-0.1, -0.05) is 56.3 Å². The highest BCUT2D eigenvalue weighted by atomic mass is 32.2. The molecule has 10 heteroatoms. The molecule has 1 fully saturated rings. The molecule has 0 amide bonds. The van der Waals surface area contributed by atoms with Crippen LogP contribution in [0.25, 0.3) is 39.5 Å². The fourth-order valence-electron chi connectivity index (χ4n) is 5.71. The number of aromatic amines is 1. The Labute approximate surface area is 249 Å². The van der Waals surface area contributed by atoms with Crippen LogP contribution in [0.2, 0.25) is 0 Å². The molecular formula is C33H30N6O3S. The lowest BCUT2D eigenvalue weighted by Crippen LogP contribution is -2.42. The van der Waals surface area contributed by atoms with Crippen molar-refractivity contribution in [1.82, 2.24) is 24.1 Å². The van der Waals surface area contributed by atoms with E-state index in [-0.39, 0.29) is 33.7 Å². The van der Waals surface area contributed by atoms with Gasteiger partial charge in [-0.2, -0.15) is 14.7 Å². The quantitative estimate of drug-likeness (QED) is 0.260. The van der Waals surface area contributed by atoms with Gasteiger partial charge >= 0.3 is 0 Å². The minimum absolute atomic E-state index is 0.134. The molecule has 3 heterocycles. The summed E-state index contributed by atoms with van der Waals surface area (Å²) in [6.07, 6.45) is 4.39. The third kappa shape index (κ3) is 5.65. The zero-order chi connectivity index (χ0) is 30.1. The predicted molar refractivity (Wildman–Crippen MR) is 167 cm³/mol. The van der Waals surface area contributed by atoms with Gasteiger partial charge in [0.15, 0.2) is 5.82 Å². The first-order valence-electron chi connectivity index (χ1n) is 14.1. The van der Waals surface area contributed by atoms with Crippen molar-refractivity contribution in [3.63, 3.8) is 0 Å². The molecule has 0 spiro atoms. The summed E-state index contributed by atoms with van der Waals surface area (Å²) >= 11 is 0. The molecule has 43 heavy (non-hydrogen) atoms. The number of hydrogen-bond acceptors (Lipinski definition) is 6. The van der Waals surface area contributed by atoms with Crippen LogP contribution >= 0.6 is 0 Å². The molecule has 2 unspecified atom stereocenters. The summed E-state index contributed by atoms with van der Waals surface area (Å²) in [4.78, 5) is 20.2. The molecule has 0 bridgehead atoms. The van der Waals surface area contributed by atoms with Gasteiger partial charge in [0.1, 0.15) is 11.8 Å². The highest BCUT2D eigenvalue weighted by molar-refractivity contribution is 7.89. The monoisotopic (exact) mass is 590 g/mol. The number of hydrogen-bond donors (Lipinski definition) is 1. The van der Waals surface area contributed by atoms with E-state index in [4.69, 9.17) is 5.10 Å². The van der Waals surface area contributed by atoms with E-state index >= 15 is 0 Å². The van der Waals surface area contributed by atoms with E-state index in [9.17, 15) is 18.5 Å². The van der Waals surface area contributed by atoms with E-state index in [1.54, 1.807) is 69.8 Å². The zero-order valence-electron chi connectivity index (χ0n) is 23.8. The normalized spacial score (nSPS) is 18.0. The largest absolute Gasteiger partial charge is 0.305 e. The second kappa shape index (κ2) is 11.4. The maximum atomic E-state index is 13.7. The maximum Gasteiger partial charge on any atom is 0.259 e. The van der Waals surface area contributed by atoms with Crippen molar-refractivity contribution in [3.05, 3.63) is 107 Å². The molecule has 2 atom stereocenters. The Kier molecular flexibility index (Phi) is 7.52. The van der Waals surface area contributed by atoms with Crippen molar-refractivity contribution in [2.24, 2.45) is 11.8 Å². The van der Waals surface area contributed by atoms with Crippen molar-refractivity contribution in [3.8, 4) is 23.0 Å². The number of sulfonamides is 1. The number of benzene rings is 3. The number of fused-ring (bicyclic) bond motifs is 1. The van der Waals surface area contributed by atoms with Gasteiger partial charge in [-0.05, 0) is 60.7 Å². The average Bonchev–Trinajstić information content (AvgIpc) is 3.44. The van der Waals surface area contributed by atoms with Crippen LogP contribution in [-0.4, -0.2) is 45.6 Å². The number of para-hydroxylation sites is 2. The number of allylic oxidation sites excluding steroid dienone is 1. The summed E-state index contributed by atoms with van der Waals surface area (Å²) in [6.45, 7) is 5.12. The Hall–Kier alpha value is -4.85. The lowest BCUT2D eigenvalue weighted by Gasteiger charge is -2.34. The molecule has 1 aliphatic heterocycles. The molecule has 9 nitrogen and oxygen atoms in total. The highest BCUT2D eigenvalue weighted by Crippen LogP contribution is 2.31. The Morgan fingerprint density at radius 3 is 2.47 bits per heavy atom. The van der Waals surface area contributed by atoms with E-state index < -0.39 is 10.0 Å². The molecule has 5 aromatic rings. The van der Waals surface area contributed by atoms with Gasteiger partial charge < -0.3 is 4.98 Å². The van der Waals surface area contributed by atoms with E-state index in [1.165, 1.54) is 0 Å². The van der Waals surface area contributed by atoms with E-state index in [2.05, 4.69) is 29.9 Å². The van der Waals surface area contributed by atoms with Crippen LogP contribution in [-0.2, 0) is 10.0 Å². The molecule has 1 aliphatic rings. The smallest absolute Gasteiger partial charge is 0.259 e. The fraction of sp³-hybridized carbons (Fsp3) is 0.212. The first-order valence-corrected chi connectivity index (χ1v) is 15.5. The van der Waals surface area contributed by atoms with Crippen LogP contribution in [0.1, 0.15) is 31.7 Å². The van der Waals surface area contributed by atoms with Crippen molar-refractivity contribution in [1.29, 1.82) is 5.26 Å². The molecular weight excluding hydrogens is 560 g/mol. The summed E-state index contributed by atoms with van der Waals surface area (Å²) in [5.74, 6) is 0.688.